The number of rotatable bonds is 11. The van der Waals surface area contributed by atoms with E-state index in [4.69, 9.17) is 11.6 Å². The highest BCUT2D eigenvalue weighted by Crippen LogP contribution is 2.23. The molecule has 0 saturated heterocycles. The highest BCUT2D eigenvalue weighted by molar-refractivity contribution is 7.92. The minimum absolute atomic E-state index is 0.0950. The van der Waals surface area contributed by atoms with Gasteiger partial charge in [-0.2, -0.15) is 0 Å². The Hall–Kier alpha value is -2.58. The number of halogens is 1. The number of hydrogen-bond acceptors (Lipinski definition) is 4. The fourth-order valence-electron chi connectivity index (χ4n) is 3.90. The molecule has 0 unspecified atom stereocenters. The molecule has 0 spiro atoms. The molecule has 2 amide bonds. The van der Waals surface area contributed by atoms with Crippen molar-refractivity contribution in [2.45, 2.75) is 72.0 Å². The van der Waals surface area contributed by atoms with Crippen molar-refractivity contribution >= 4 is 39.1 Å². The molecule has 0 bridgehead atoms. The first-order chi connectivity index (χ1) is 16.7. The maximum atomic E-state index is 13.5. The molecule has 0 radical (unpaired) electrons. The Kier molecular flexibility index (Phi) is 10.4. The van der Waals surface area contributed by atoms with Gasteiger partial charge in [0.05, 0.1) is 11.9 Å². The van der Waals surface area contributed by atoms with Crippen molar-refractivity contribution in [1.29, 1.82) is 0 Å². The lowest BCUT2D eigenvalue weighted by atomic mass is 10.0. The molecule has 2 rings (SSSR count). The number of carbonyl (C=O) groups excluding carboxylic acids is 2. The Morgan fingerprint density at radius 1 is 1.08 bits per heavy atom. The van der Waals surface area contributed by atoms with E-state index in [2.05, 4.69) is 5.32 Å². The molecule has 2 aromatic rings. The van der Waals surface area contributed by atoms with E-state index in [0.717, 1.165) is 17.4 Å². The molecule has 2 aromatic carbocycles. The molecule has 198 valence electrons. The van der Waals surface area contributed by atoms with Crippen LogP contribution in [0.25, 0.3) is 0 Å². The van der Waals surface area contributed by atoms with Crippen molar-refractivity contribution < 1.29 is 18.0 Å². The zero-order valence-corrected chi connectivity index (χ0v) is 23.6. The molecular formula is C27H38ClN3O4S. The second-order valence-electron chi connectivity index (χ2n) is 10.1. The number of hydrogen-bond donors (Lipinski definition) is 1. The maximum absolute atomic E-state index is 13.5. The first-order valence-electron chi connectivity index (χ1n) is 12.1. The average Bonchev–Trinajstić information content (AvgIpc) is 2.75. The van der Waals surface area contributed by atoms with E-state index in [1.165, 1.54) is 4.31 Å². The van der Waals surface area contributed by atoms with E-state index < -0.39 is 21.6 Å². The van der Waals surface area contributed by atoms with E-state index in [1.54, 1.807) is 29.2 Å². The summed E-state index contributed by atoms with van der Waals surface area (Å²) < 4.78 is 26.1. The van der Waals surface area contributed by atoms with Crippen LogP contribution in [0.5, 0.6) is 0 Å². The smallest absolute Gasteiger partial charge is 0.243 e. The van der Waals surface area contributed by atoms with Crippen molar-refractivity contribution in [3.63, 3.8) is 0 Å². The van der Waals surface area contributed by atoms with Gasteiger partial charge in [0.15, 0.2) is 0 Å². The highest BCUT2D eigenvalue weighted by Gasteiger charge is 2.30. The van der Waals surface area contributed by atoms with Gasteiger partial charge in [0.25, 0.3) is 0 Å². The Morgan fingerprint density at radius 2 is 1.72 bits per heavy atom. The van der Waals surface area contributed by atoms with Crippen LogP contribution in [-0.2, 0) is 26.2 Å². The second-order valence-corrected chi connectivity index (χ2v) is 12.4. The molecule has 36 heavy (non-hydrogen) atoms. The predicted molar refractivity (Wildman–Crippen MR) is 147 cm³/mol. The lowest BCUT2D eigenvalue weighted by Crippen LogP contribution is -2.53. The van der Waals surface area contributed by atoms with E-state index in [0.29, 0.717) is 30.1 Å². The zero-order valence-electron chi connectivity index (χ0n) is 22.0. The molecule has 0 aliphatic rings. The molecule has 7 nitrogen and oxygen atoms in total. The van der Waals surface area contributed by atoms with Crippen LogP contribution in [0.2, 0.25) is 5.02 Å². The van der Waals surface area contributed by atoms with E-state index in [1.807, 2.05) is 58.9 Å². The normalized spacial score (nSPS) is 12.6. The molecule has 1 atom stereocenters. The standard InChI is InChI=1S/C27H38ClN3O4S/c1-7-24(26(33)29-27(3,4)5)30(19-21-15-13-20(2)14-16-21)25(32)12-9-17-31(36(6,34)35)23-11-8-10-22(28)18-23/h8,10-11,13-16,18,24H,7,9,12,17,19H2,1-6H3,(H,29,33)/t24-/m1/s1. The van der Waals surface area contributed by atoms with Crippen molar-refractivity contribution in [2.24, 2.45) is 0 Å². The number of aryl methyl sites for hydroxylation is 1. The number of anilines is 1. The summed E-state index contributed by atoms with van der Waals surface area (Å²) >= 11 is 6.06. The van der Waals surface area contributed by atoms with Gasteiger partial charge in [-0.05, 0) is 64.3 Å². The molecule has 9 heteroatoms. The predicted octanol–water partition coefficient (Wildman–Crippen LogP) is 4.92. The summed E-state index contributed by atoms with van der Waals surface area (Å²) in [5.74, 6) is -0.409. The Bertz CT molecular complexity index is 1140. The Balaban J connectivity index is 2.23. The third-order valence-electron chi connectivity index (χ3n) is 5.61. The molecule has 0 saturated carbocycles. The van der Waals surface area contributed by atoms with Crippen LogP contribution in [0.3, 0.4) is 0 Å². The summed E-state index contributed by atoms with van der Waals surface area (Å²) in [4.78, 5) is 28.2. The van der Waals surface area contributed by atoms with Gasteiger partial charge in [0.1, 0.15) is 6.04 Å². The average molecular weight is 536 g/mol. The number of benzene rings is 2. The largest absolute Gasteiger partial charge is 0.350 e. The van der Waals surface area contributed by atoms with Crippen LogP contribution >= 0.6 is 11.6 Å². The summed E-state index contributed by atoms with van der Waals surface area (Å²) in [6, 6.07) is 13.8. The van der Waals surface area contributed by atoms with E-state index in [9.17, 15) is 18.0 Å². The first kappa shape index (κ1) is 29.6. The van der Waals surface area contributed by atoms with Gasteiger partial charge in [-0.15, -0.1) is 0 Å². The molecule has 0 aliphatic carbocycles. The van der Waals surface area contributed by atoms with Crippen LogP contribution in [-0.4, -0.2) is 49.5 Å². The second kappa shape index (κ2) is 12.6. The topological polar surface area (TPSA) is 86.8 Å². The van der Waals surface area contributed by atoms with Gasteiger partial charge in [-0.1, -0.05) is 54.4 Å². The third kappa shape index (κ3) is 9.13. The van der Waals surface area contributed by atoms with Crippen LogP contribution in [0, 0.1) is 6.92 Å². The first-order valence-corrected chi connectivity index (χ1v) is 14.3. The lowest BCUT2D eigenvalue weighted by molar-refractivity contribution is -0.142. The van der Waals surface area contributed by atoms with Gasteiger partial charge in [0, 0.05) is 30.1 Å². The lowest BCUT2D eigenvalue weighted by Gasteiger charge is -2.33. The van der Waals surface area contributed by atoms with Gasteiger partial charge in [-0.25, -0.2) is 8.42 Å². The van der Waals surface area contributed by atoms with Gasteiger partial charge in [0.2, 0.25) is 21.8 Å². The zero-order chi connectivity index (χ0) is 27.1. The summed E-state index contributed by atoms with van der Waals surface area (Å²) in [5.41, 5.74) is 2.05. The minimum atomic E-state index is -3.57. The summed E-state index contributed by atoms with van der Waals surface area (Å²) in [5, 5.41) is 3.42. The van der Waals surface area contributed by atoms with E-state index in [-0.39, 0.29) is 24.8 Å². The fraction of sp³-hybridized carbons (Fsp3) is 0.481. The minimum Gasteiger partial charge on any atom is -0.350 e. The monoisotopic (exact) mass is 535 g/mol. The number of carbonyl (C=O) groups is 2. The summed E-state index contributed by atoms with van der Waals surface area (Å²) in [6.07, 6.45) is 1.97. The van der Waals surface area contributed by atoms with Gasteiger partial charge < -0.3 is 10.2 Å². The fourth-order valence-corrected chi connectivity index (χ4v) is 5.04. The van der Waals surface area contributed by atoms with Gasteiger partial charge in [-0.3, -0.25) is 13.9 Å². The Morgan fingerprint density at radius 3 is 2.25 bits per heavy atom. The van der Waals surface area contributed by atoms with Crippen molar-refractivity contribution in [1.82, 2.24) is 10.2 Å². The Labute approximate surface area is 220 Å². The van der Waals surface area contributed by atoms with Crippen LogP contribution in [0.15, 0.2) is 48.5 Å². The van der Waals surface area contributed by atoms with Crippen LogP contribution < -0.4 is 9.62 Å². The number of nitrogens with one attached hydrogen (secondary N) is 1. The van der Waals surface area contributed by atoms with Crippen LogP contribution in [0.4, 0.5) is 5.69 Å². The quantitative estimate of drug-likeness (QED) is 0.442. The highest BCUT2D eigenvalue weighted by atomic mass is 35.5. The molecule has 0 fully saturated rings. The molecule has 0 aliphatic heterocycles. The number of sulfonamides is 1. The van der Waals surface area contributed by atoms with Gasteiger partial charge >= 0.3 is 0 Å². The van der Waals surface area contributed by atoms with Crippen LogP contribution in [0.1, 0.15) is 58.1 Å². The maximum Gasteiger partial charge on any atom is 0.243 e. The third-order valence-corrected chi connectivity index (χ3v) is 7.04. The number of amides is 2. The van der Waals surface area contributed by atoms with E-state index >= 15 is 0 Å². The SMILES string of the molecule is CC[C@H](C(=O)NC(C)(C)C)N(Cc1ccc(C)cc1)C(=O)CCCN(c1cccc(Cl)c1)S(C)(=O)=O. The number of nitrogens with zero attached hydrogens (tertiary/aromatic N) is 2. The molecule has 1 N–H and O–H groups in total. The summed E-state index contributed by atoms with van der Waals surface area (Å²) in [6.45, 7) is 9.99. The van der Waals surface area contributed by atoms with Crippen molar-refractivity contribution in [2.75, 3.05) is 17.1 Å². The molecule has 0 aromatic heterocycles. The molecular weight excluding hydrogens is 498 g/mol. The van der Waals surface area contributed by atoms with Crippen molar-refractivity contribution in [3.8, 4) is 0 Å². The molecule has 0 heterocycles. The van der Waals surface area contributed by atoms with Crippen molar-refractivity contribution in [3.05, 3.63) is 64.7 Å². The summed E-state index contributed by atoms with van der Waals surface area (Å²) in [7, 11) is -3.57.